The van der Waals surface area contributed by atoms with Crippen molar-refractivity contribution in [1.29, 1.82) is 0 Å². The first kappa shape index (κ1) is 19.6. The van der Waals surface area contributed by atoms with Crippen molar-refractivity contribution in [1.82, 2.24) is 15.0 Å². The van der Waals surface area contributed by atoms with E-state index in [1.807, 2.05) is 13.8 Å². The Hall–Kier alpha value is -1.36. The molecule has 0 N–H and O–H groups in total. The standard InChI is InChI=1S/C24H37N3O2/c1-16-23(17(2)29-25-16)24(28)26-14-19-13-20(15-26)22(12-18-8-4-3-5-9-18)27-11-7-6-10-21(19)27/h18-22H,3-15H2,1-2H3/t19-,20+,21+,22+/m1/s1. The molecule has 1 saturated carbocycles. The fourth-order valence-electron chi connectivity index (χ4n) is 7.11. The van der Waals surface area contributed by atoms with Gasteiger partial charge in [-0.15, -0.1) is 0 Å². The molecule has 3 saturated heterocycles. The summed E-state index contributed by atoms with van der Waals surface area (Å²) < 4.78 is 5.30. The first-order chi connectivity index (χ1) is 14.1. The maximum absolute atomic E-state index is 13.4. The number of rotatable bonds is 3. The number of carbonyl (C=O) groups excluding carboxylic acids is 1. The Bertz CT molecular complexity index is 719. The molecule has 1 amide bonds. The Balaban J connectivity index is 1.38. The third-order valence-corrected chi connectivity index (χ3v) is 8.46. The molecular formula is C24H37N3O2. The van der Waals surface area contributed by atoms with Gasteiger partial charge in [0.1, 0.15) is 11.3 Å². The van der Waals surface area contributed by atoms with E-state index in [1.165, 1.54) is 70.8 Å². The van der Waals surface area contributed by atoms with Crippen LogP contribution in [0, 0.1) is 31.6 Å². The Morgan fingerprint density at radius 1 is 1.03 bits per heavy atom. The van der Waals surface area contributed by atoms with E-state index in [4.69, 9.17) is 4.52 Å². The SMILES string of the molecule is Cc1noc(C)c1C(=O)N1C[C@H]2C[C@@H](C1)[C@H](CC1CCCCC1)N1CCCC[C@@H]21. The average molecular weight is 400 g/mol. The molecule has 0 aromatic carbocycles. The second kappa shape index (κ2) is 8.05. The van der Waals surface area contributed by atoms with Crippen LogP contribution < -0.4 is 0 Å². The number of hydrogen-bond donors (Lipinski definition) is 0. The largest absolute Gasteiger partial charge is 0.361 e. The summed E-state index contributed by atoms with van der Waals surface area (Å²) in [4.78, 5) is 18.5. The number of carbonyl (C=O) groups is 1. The normalized spacial score (nSPS) is 33.5. The predicted octanol–water partition coefficient (Wildman–Crippen LogP) is 4.58. The molecular weight excluding hydrogens is 362 g/mol. The van der Waals surface area contributed by atoms with Crippen molar-refractivity contribution in [3.63, 3.8) is 0 Å². The minimum Gasteiger partial charge on any atom is -0.361 e. The molecule has 0 unspecified atom stereocenters. The molecule has 4 fully saturated rings. The van der Waals surface area contributed by atoms with E-state index < -0.39 is 0 Å². The van der Waals surface area contributed by atoms with Crippen LogP contribution in [0.1, 0.15) is 86.0 Å². The van der Waals surface area contributed by atoms with Gasteiger partial charge in [-0.3, -0.25) is 9.69 Å². The Labute approximate surface area is 175 Å². The molecule has 29 heavy (non-hydrogen) atoms. The van der Waals surface area contributed by atoms with Crippen molar-refractivity contribution in [2.24, 2.45) is 17.8 Å². The average Bonchev–Trinajstić information content (AvgIpc) is 3.09. The minimum absolute atomic E-state index is 0.150. The number of amides is 1. The van der Waals surface area contributed by atoms with Gasteiger partial charge in [0, 0.05) is 25.2 Å². The number of aromatic nitrogens is 1. The third-order valence-electron chi connectivity index (χ3n) is 8.46. The highest BCUT2D eigenvalue weighted by Gasteiger charge is 2.48. The quantitative estimate of drug-likeness (QED) is 0.747. The summed E-state index contributed by atoms with van der Waals surface area (Å²) >= 11 is 0. The van der Waals surface area contributed by atoms with E-state index in [-0.39, 0.29) is 5.91 Å². The molecule has 5 heteroatoms. The van der Waals surface area contributed by atoms with Crippen LogP contribution in [0.15, 0.2) is 4.52 Å². The molecule has 4 atom stereocenters. The minimum atomic E-state index is 0.150. The van der Waals surface area contributed by atoms with Crippen LogP contribution in [0.25, 0.3) is 0 Å². The molecule has 2 bridgehead atoms. The molecule has 5 nitrogen and oxygen atoms in total. The van der Waals surface area contributed by atoms with Crippen molar-refractivity contribution in [3.05, 3.63) is 17.0 Å². The molecule has 3 aliphatic heterocycles. The maximum atomic E-state index is 13.4. The number of likely N-dealkylation sites (tertiary alicyclic amines) is 1. The van der Waals surface area contributed by atoms with Crippen LogP contribution in [0.3, 0.4) is 0 Å². The summed E-state index contributed by atoms with van der Waals surface area (Å²) in [6, 6.07) is 1.37. The number of fused-ring (bicyclic) bond motifs is 4. The van der Waals surface area contributed by atoms with Gasteiger partial charge >= 0.3 is 0 Å². The lowest BCUT2D eigenvalue weighted by atomic mass is 9.69. The van der Waals surface area contributed by atoms with Gasteiger partial charge in [-0.1, -0.05) is 43.7 Å². The lowest BCUT2D eigenvalue weighted by Gasteiger charge is -2.57. The Morgan fingerprint density at radius 3 is 2.55 bits per heavy atom. The first-order valence-corrected chi connectivity index (χ1v) is 12.1. The van der Waals surface area contributed by atoms with Crippen LogP contribution in [0.2, 0.25) is 0 Å². The first-order valence-electron chi connectivity index (χ1n) is 12.1. The molecule has 0 spiro atoms. The lowest BCUT2D eigenvalue weighted by molar-refractivity contribution is -0.0725. The second-order valence-electron chi connectivity index (χ2n) is 10.3. The summed E-state index contributed by atoms with van der Waals surface area (Å²) in [5.41, 5.74) is 1.44. The number of hydrogen-bond acceptors (Lipinski definition) is 4. The summed E-state index contributed by atoms with van der Waals surface area (Å²) in [5, 5.41) is 4.03. The van der Waals surface area contributed by atoms with E-state index in [9.17, 15) is 4.79 Å². The van der Waals surface area contributed by atoms with Gasteiger partial charge in [0.15, 0.2) is 0 Å². The molecule has 1 aromatic rings. The van der Waals surface area contributed by atoms with Gasteiger partial charge in [-0.05, 0) is 63.8 Å². The Morgan fingerprint density at radius 2 is 1.79 bits per heavy atom. The van der Waals surface area contributed by atoms with Crippen molar-refractivity contribution in [2.75, 3.05) is 19.6 Å². The highest BCUT2D eigenvalue weighted by molar-refractivity contribution is 5.96. The van der Waals surface area contributed by atoms with Gasteiger partial charge in [0.05, 0.1) is 5.69 Å². The van der Waals surface area contributed by atoms with Crippen LogP contribution in [0.5, 0.6) is 0 Å². The van der Waals surface area contributed by atoms with Gasteiger partial charge in [0.2, 0.25) is 0 Å². The lowest BCUT2D eigenvalue weighted by Crippen LogP contribution is -2.64. The third kappa shape index (κ3) is 3.64. The maximum Gasteiger partial charge on any atom is 0.259 e. The summed E-state index contributed by atoms with van der Waals surface area (Å²) in [5.74, 6) is 3.00. The van der Waals surface area contributed by atoms with E-state index in [0.717, 1.165) is 24.7 Å². The van der Waals surface area contributed by atoms with E-state index >= 15 is 0 Å². The van der Waals surface area contributed by atoms with Crippen molar-refractivity contribution >= 4 is 5.91 Å². The number of piperidine rings is 3. The van der Waals surface area contributed by atoms with Crippen LogP contribution in [-0.4, -0.2) is 52.6 Å². The highest BCUT2D eigenvalue weighted by atomic mass is 16.5. The topological polar surface area (TPSA) is 49.6 Å². The summed E-state index contributed by atoms with van der Waals surface area (Å²) in [7, 11) is 0. The monoisotopic (exact) mass is 399 g/mol. The van der Waals surface area contributed by atoms with Crippen molar-refractivity contribution in [3.8, 4) is 0 Å². The molecule has 4 aliphatic rings. The molecule has 0 radical (unpaired) electrons. The number of nitrogens with zero attached hydrogens (tertiary/aromatic N) is 3. The fraction of sp³-hybridized carbons (Fsp3) is 0.833. The highest BCUT2D eigenvalue weighted by Crippen LogP contribution is 2.44. The fourth-order valence-corrected chi connectivity index (χ4v) is 7.11. The smallest absolute Gasteiger partial charge is 0.259 e. The van der Waals surface area contributed by atoms with Crippen molar-refractivity contribution < 1.29 is 9.32 Å². The van der Waals surface area contributed by atoms with Gasteiger partial charge in [-0.2, -0.15) is 0 Å². The Kier molecular flexibility index (Phi) is 5.44. The van der Waals surface area contributed by atoms with Gasteiger partial charge < -0.3 is 9.42 Å². The molecule has 1 aliphatic carbocycles. The molecule has 4 heterocycles. The summed E-state index contributed by atoms with van der Waals surface area (Å²) in [6.45, 7) is 6.87. The van der Waals surface area contributed by atoms with Gasteiger partial charge in [-0.25, -0.2) is 0 Å². The van der Waals surface area contributed by atoms with E-state index in [0.29, 0.717) is 35.2 Å². The summed E-state index contributed by atoms with van der Waals surface area (Å²) in [6.07, 6.45) is 13.8. The van der Waals surface area contributed by atoms with Crippen LogP contribution in [-0.2, 0) is 0 Å². The molecule has 1 aromatic heterocycles. The van der Waals surface area contributed by atoms with Crippen LogP contribution >= 0.6 is 0 Å². The number of aryl methyl sites for hydroxylation is 2. The molecule has 5 rings (SSSR count). The zero-order chi connectivity index (χ0) is 20.0. The van der Waals surface area contributed by atoms with Crippen LogP contribution in [0.4, 0.5) is 0 Å². The van der Waals surface area contributed by atoms with Gasteiger partial charge in [0.25, 0.3) is 5.91 Å². The van der Waals surface area contributed by atoms with E-state index in [1.54, 1.807) is 0 Å². The predicted molar refractivity (Wildman–Crippen MR) is 113 cm³/mol. The zero-order valence-corrected chi connectivity index (χ0v) is 18.2. The molecule has 160 valence electrons. The second-order valence-corrected chi connectivity index (χ2v) is 10.3. The van der Waals surface area contributed by atoms with Crippen molar-refractivity contribution in [2.45, 2.75) is 90.1 Å². The zero-order valence-electron chi connectivity index (χ0n) is 18.2. The van der Waals surface area contributed by atoms with E-state index in [2.05, 4.69) is 15.0 Å².